The molecule has 2 unspecified atom stereocenters. The summed E-state index contributed by atoms with van der Waals surface area (Å²) < 4.78 is 39.5. The number of halogens is 3. The molecule has 23 heavy (non-hydrogen) atoms. The third kappa shape index (κ3) is 3.77. The highest BCUT2D eigenvalue weighted by molar-refractivity contribution is 5.94. The van der Waals surface area contributed by atoms with Gasteiger partial charge >= 0.3 is 6.18 Å². The van der Waals surface area contributed by atoms with Crippen LogP contribution >= 0.6 is 0 Å². The summed E-state index contributed by atoms with van der Waals surface area (Å²) in [5.74, 6) is -0.357. The first kappa shape index (κ1) is 17.6. The van der Waals surface area contributed by atoms with Gasteiger partial charge in [0.05, 0.1) is 0 Å². The van der Waals surface area contributed by atoms with Gasteiger partial charge in [0.1, 0.15) is 6.04 Å². The number of hydrogen-bond acceptors (Lipinski definition) is 3. The van der Waals surface area contributed by atoms with Gasteiger partial charge in [0, 0.05) is 44.5 Å². The number of carbonyl (C=O) groups excluding carboxylic acids is 1. The fourth-order valence-electron chi connectivity index (χ4n) is 2.75. The molecule has 128 valence electrons. The van der Waals surface area contributed by atoms with Crippen LogP contribution < -0.4 is 4.90 Å². The molecule has 4 nitrogen and oxygen atoms in total. The first-order chi connectivity index (χ1) is 10.6. The first-order valence-corrected chi connectivity index (χ1v) is 7.46. The minimum atomic E-state index is -4.35. The summed E-state index contributed by atoms with van der Waals surface area (Å²) in [6.07, 6.45) is -4.35. The minimum absolute atomic E-state index is 0.289. The van der Waals surface area contributed by atoms with E-state index in [0.717, 1.165) is 5.69 Å². The Labute approximate surface area is 134 Å². The Kier molecular flexibility index (Phi) is 4.89. The van der Waals surface area contributed by atoms with E-state index < -0.39 is 12.2 Å². The fraction of sp³-hybridized carbons (Fsp3) is 0.562. The number of piperazine rings is 1. The van der Waals surface area contributed by atoms with Crippen LogP contribution in [0.2, 0.25) is 0 Å². The van der Waals surface area contributed by atoms with Gasteiger partial charge in [0.15, 0.2) is 0 Å². The van der Waals surface area contributed by atoms with Gasteiger partial charge in [0.25, 0.3) is 5.91 Å². The molecule has 0 bridgehead atoms. The van der Waals surface area contributed by atoms with Crippen LogP contribution in [0.15, 0.2) is 24.3 Å². The molecule has 0 N–H and O–H groups in total. The van der Waals surface area contributed by atoms with E-state index in [9.17, 15) is 18.0 Å². The molecule has 1 saturated heterocycles. The highest BCUT2D eigenvalue weighted by Crippen LogP contribution is 2.29. The summed E-state index contributed by atoms with van der Waals surface area (Å²) in [5.41, 5.74) is 1.34. The summed E-state index contributed by atoms with van der Waals surface area (Å²) >= 11 is 0. The molecule has 0 radical (unpaired) electrons. The summed E-state index contributed by atoms with van der Waals surface area (Å²) in [6, 6.07) is 4.91. The van der Waals surface area contributed by atoms with Crippen molar-refractivity contribution in [3.63, 3.8) is 0 Å². The van der Waals surface area contributed by atoms with E-state index in [2.05, 4.69) is 0 Å². The summed E-state index contributed by atoms with van der Waals surface area (Å²) in [6.45, 7) is 1.66. The molecule has 1 aromatic rings. The average molecular weight is 329 g/mol. The standard InChI is InChI=1S/C16H22F3N3O/c1-11-9-22(10-14(21(11)4)16(17,18)19)15(23)12-5-7-13(8-6-12)20(2)3/h5-8,11,14H,9-10H2,1-4H3. The first-order valence-electron chi connectivity index (χ1n) is 7.46. The Morgan fingerprint density at radius 3 is 2.22 bits per heavy atom. The molecule has 2 rings (SSSR count). The molecule has 0 aromatic heterocycles. The van der Waals surface area contributed by atoms with Gasteiger partial charge < -0.3 is 9.80 Å². The van der Waals surface area contributed by atoms with E-state index in [0.29, 0.717) is 5.56 Å². The van der Waals surface area contributed by atoms with Crippen LogP contribution in [0.5, 0.6) is 0 Å². The Balaban J connectivity index is 2.18. The number of alkyl halides is 3. The van der Waals surface area contributed by atoms with Gasteiger partial charge in [-0.1, -0.05) is 0 Å². The maximum absolute atomic E-state index is 13.2. The predicted octanol–water partition coefficient (Wildman–Crippen LogP) is 2.46. The second-order valence-electron chi connectivity index (χ2n) is 6.22. The normalized spacial score (nSPS) is 23.0. The van der Waals surface area contributed by atoms with E-state index >= 15 is 0 Å². The zero-order valence-corrected chi connectivity index (χ0v) is 13.8. The second kappa shape index (κ2) is 6.39. The van der Waals surface area contributed by atoms with Crippen molar-refractivity contribution in [2.24, 2.45) is 0 Å². The van der Waals surface area contributed by atoms with Gasteiger partial charge in [-0.15, -0.1) is 0 Å². The van der Waals surface area contributed by atoms with E-state index in [4.69, 9.17) is 0 Å². The maximum Gasteiger partial charge on any atom is 0.405 e. The number of rotatable bonds is 2. The highest BCUT2D eigenvalue weighted by atomic mass is 19.4. The van der Waals surface area contributed by atoms with Crippen LogP contribution in [0.25, 0.3) is 0 Å². The Hall–Kier alpha value is -1.76. The number of nitrogens with zero attached hydrogens (tertiary/aromatic N) is 3. The van der Waals surface area contributed by atoms with Crippen LogP contribution in [-0.2, 0) is 0 Å². The topological polar surface area (TPSA) is 26.8 Å². The minimum Gasteiger partial charge on any atom is -0.378 e. The van der Waals surface area contributed by atoms with Gasteiger partial charge in [-0.05, 0) is 38.2 Å². The Morgan fingerprint density at radius 2 is 1.74 bits per heavy atom. The molecule has 1 fully saturated rings. The van der Waals surface area contributed by atoms with Gasteiger partial charge in [-0.2, -0.15) is 13.2 Å². The number of carbonyl (C=O) groups is 1. The lowest BCUT2D eigenvalue weighted by Gasteiger charge is -2.44. The van der Waals surface area contributed by atoms with Crippen LogP contribution in [0.3, 0.4) is 0 Å². The van der Waals surface area contributed by atoms with E-state index in [1.807, 2.05) is 19.0 Å². The lowest BCUT2D eigenvalue weighted by Crippen LogP contribution is -2.62. The van der Waals surface area contributed by atoms with Crippen molar-refractivity contribution < 1.29 is 18.0 Å². The summed E-state index contributed by atoms with van der Waals surface area (Å²) in [5, 5.41) is 0. The van der Waals surface area contributed by atoms with Crippen molar-refractivity contribution in [1.29, 1.82) is 0 Å². The average Bonchev–Trinajstić information content (AvgIpc) is 2.48. The van der Waals surface area contributed by atoms with E-state index in [1.165, 1.54) is 16.8 Å². The molecule has 0 spiro atoms. The van der Waals surface area contributed by atoms with E-state index in [-0.39, 0.29) is 25.0 Å². The van der Waals surface area contributed by atoms with Crippen molar-refractivity contribution in [1.82, 2.24) is 9.80 Å². The highest BCUT2D eigenvalue weighted by Gasteiger charge is 2.47. The molecule has 7 heteroatoms. The molecule has 0 saturated carbocycles. The SMILES string of the molecule is CC1CN(C(=O)c2ccc(N(C)C)cc2)CC(C(F)(F)F)N1C. The molecule has 1 heterocycles. The van der Waals surface area contributed by atoms with Crippen molar-refractivity contribution in [3.8, 4) is 0 Å². The van der Waals surface area contributed by atoms with Crippen LogP contribution in [0.1, 0.15) is 17.3 Å². The molecule has 1 amide bonds. The second-order valence-corrected chi connectivity index (χ2v) is 6.22. The molecule has 0 aliphatic carbocycles. The van der Waals surface area contributed by atoms with E-state index in [1.54, 1.807) is 31.2 Å². The number of anilines is 1. The fourth-order valence-corrected chi connectivity index (χ4v) is 2.75. The third-order valence-corrected chi connectivity index (χ3v) is 4.36. The zero-order valence-electron chi connectivity index (χ0n) is 13.8. The van der Waals surface area contributed by atoms with Crippen molar-refractivity contribution in [2.75, 3.05) is 39.1 Å². The largest absolute Gasteiger partial charge is 0.405 e. The monoisotopic (exact) mass is 329 g/mol. The quantitative estimate of drug-likeness (QED) is 0.834. The molecule has 2 atom stereocenters. The van der Waals surface area contributed by atoms with Crippen LogP contribution in [-0.4, -0.2) is 68.2 Å². The van der Waals surface area contributed by atoms with Crippen molar-refractivity contribution in [2.45, 2.75) is 25.2 Å². The van der Waals surface area contributed by atoms with Crippen LogP contribution in [0.4, 0.5) is 18.9 Å². The lowest BCUT2D eigenvalue weighted by atomic mass is 10.1. The molecular weight excluding hydrogens is 307 g/mol. The van der Waals surface area contributed by atoms with Crippen molar-refractivity contribution >= 4 is 11.6 Å². The predicted molar refractivity (Wildman–Crippen MR) is 83.7 cm³/mol. The molecule has 1 aliphatic heterocycles. The third-order valence-electron chi connectivity index (χ3n) is 4.36. The number of benzene rings is 1. The van der Waals surface area contributed by atoms with Crippen molar-refractivity contribution in [3.05, 3.63) is 29.8 Å². The van der Waals surface area contributed by atoms with Gasteiger partial charge in [0.2, 0.25) is 0 Å². The lowest BCUT2D eigenvalue weighted by molar-refractivity contribution is -0.197. The summed E-state index contributed by atoms with van der Waals surface area (Å²) in [4.78, 5) is 17.0. The zero-order chi connectivity index (χ0) is 17.4. The summed E-state index contributed by atoms with van der Waals surface area (Å²) in [7, 11) is 5.22. The van der Waals surface area contributed by atoms with Gasteiger partial charge in [-0.3, -0.25) is 9.69 Å². The Morgan fingerprint density at radius 1 is 1.17 bits per heavy atom. The molecule has 1 aliphatic rings. The number of amides is 1. The van der Waals surface area contributed by atoms with Gasteiger partial charge in [-0.25, -0.2) is 0 Å². The Bertz CT molecular complexity index is 557. The van der Waals surface area contributed by atoms with Crippen LogP contribution in [0, 0.1) is 0 Å². The molecule has 1 aromatic carbocycles. The smallest absolute Gasteiger partial charge is 0.378 e. The maximum atomic E-state index is 13.2. The number of likely N-dealkylation sites (N-methyl/N-ethyl adjacent to an activating group) is 1. The molecular formula is C16H22F3N3O. The number of hydrogen-bond donors (Lipinski definition) is 0.